The minimum Gasteiger partial charge on any atom is -0.497 e. The summed E-state index contributed by atoms with van der Waals surface area (Å²) in [6.07, 6.45) is 1.52. The SMILES string of the molecule is COc1ccc(-n2nc(S(C)(=O)=O)c3c2C(=O)N(c2ccc(I)cc2)CC3)cc1. The second-order valence-electron chi connectivity index (χ2n) is 6.70. The van der Waals surface area contributed by atoms with Gasteiger partial charge in [0.05, 0.1) is 12.8 Å². The molecule has 2 aromatic carbocycles. The van der Waals surface area contributed by atoms with Gasteiger partial charge in [0.15, 0.2) is 14.9 Å². The Balaban J connectivity index is 1.87. The summed E-state index contributed by atoms with van der Waals surface area (Å²) in [5, 5.41) is 4.28. The van der Waals surface area contributed by atoms with Crippen LogP contribution in [-0.2, 0) is 16.3 Å². The Hall–Kier alpha value is -2.40. The predicted molar refractivity (Wildman–Crippen MR) is 118 cm³/mol. The van der Waals surface area contributed by atoms with Crippen LogP contribution < -0.4 is 9.64 Å². The lowest BCUT2D eigenvalue weighted by molar-refractivity contribution is 0.0973. The Kier molecular flexibility index (Phi) is 5.11. The fraction of sp³-hybridized carbons (Fsp3) is 0.200. The average molecular weight is 523 g/mol. The number of carbonyl (C=O) groups excluding carboxylic acids is 1. The van der Waals surface area contributed by atoms with Crippen LogP contribution in [0.15, 0.2) is 53.6 Å². The van der Waals surface area contributed by atoms with E-state index in [4.69, 9.17) is 4.74 Å². The molecule has 1 aromatic heterocycles. The number of benzene rings is 2. The highest BCUT2D eigenvalue weighted by Gasteiger charge is 2.35. The molecule has 0 unspecified atom stereocenters. The minimum atomic E-state index is -3.58. The number of aromatic nitrogens is 2. The minimum absolute atomic E-state index is 0.0427. The van der Waals surface area contributed by atoms with E-state index in [9.17, 15) is 13.2 Å². The number of sulfone groups is 1. The zero-order valence-electron chi connectivity index (χ0n) is 15.8. The number of methoxy groups -OCH3 is 1. The van der Waals surface area contributed by atoms with Gasteiger partial charge in [-0.2, -0.15) is 5.10 Å². The normalized spacial score (nSPS) is 14.0. The zero-order chi connectivity index (χ0) is 20.8. The molecule has 9 heteroatoms. The summed E-state index contributed by atoms with van der Waals surface area (Å²) < 4.78 is 32.3. The fourth-order valence-corrected chi connectivity index (χ4v) is 4.64. The van der Waals surface area contributed by atoms with E-state index >= 15 is 0 Å². The molecule has 4 rings (SSSR count). The molecule has 0 N–H and O–H groups in total. The van der Waals surface area contributed by atoms with E-state index in [0.29, 0.717) is 30.0 Å². The first-order chi connectivity index (χ1) is 13.8. The van der Waals surface area contributed by atoms with Crippen molar-refractivity contribution >= 4 is 44.0 Å². The standard InChI is InChI=1S/C20H18IN3O4S/c1-28-16-9-7-15(8-10-16)24-18-17(19(22-24)29(2,26)27)11-12-23(20(18)25)14-5-3-13(21)4-6-14/h3-10H,11-12H2,1-2H3. The number of fused-ring (bicyclic) bond motifs is 1. The summed E-state index contributed by atoms with van der Waals surface area (Å²) >= 11 is 2.21. The average Bonchev–Trinajstić information content (AvgIpc) is 3.10. The molecule has 0 aliphatic carbocycles. The van der Waals surface area contributed by atoms with Crippen molar-refractivity contribution in [2.24, 2.45) is 0 Å². The van der Waals surface area contributed by atoms with Crippen LogP contribution in [-0.4, -0.2) is 44.0 Å². The molecule has 0 radical (unpaired) electrons. The molecule has 7 nitrogen and oxygen atoms in total. The van der Waals surface area contributed by atoms with Gasteiger partial charge in [-0.3, -0.25) is 4.79 Å². The van der Waals surface area contributed by atoms with Gasteiger partial charge in [-0.05, 0) is 77.5 Å². The Bertz CT molecular complexity index is 1190. The van der Waals surface area contributed by atoms with Gasteiger partial charge in [0.1, 0.15) is 11.4 Å². The highest BCUT2D eigenvalue weighted by molar-refractivity contribution is 14.1. The number of nitrogens with zero attached hydrogens (tertiary/aromatic N) is 3. The number of hydrogen-bond donors (Lipinski definition) is 0. The maximum Gasteiger partial charge on any atom is 0.277 e. The number of anilines is 1. The molecule has 1 amide bonds. The van der Waals surface area contributed by atoms with Gasteiger partial charge in [-0.25, -0.2) is 13.1 Å². The first kappa shape index (κ1) is 19.9. The van der Waals surface area contributed by atoms with Crippen molar-refractivity contribution in [2.75, 3.05) is 24.8 Å². The highest BCUT2D eigenvalue weighted by Crippen LogP contribution is 2.31. The van der Waals surface area contributed by atoms with Crippen molar-refractivity contribution in [3.63, 3.8) is 0 Å². The Morgan fingerprint density at radius 1 is 1.03 bits per heavy atom. The van der Waals surface area contributed by atoms with Gasteiger partial charge in [-0.15, -0.1) is 0 Å². The fourth-order valence-electron chi connectivity index (χ4n) is 3.40. The van der Waals surface area contributed by atoms with E-state index < -0.39 is 9.84 Å². The van der Waals surface area contributed by atoms with E-state index in [-0.39, 0.29) is 16.6 Å². The third kappa shape index (κ3) is 3.64. The number of halogens is 1. The number of rotatable bonds is 4. The molecule has 1 aliphatic rings. The third-order valence-corrected chi connectivity index (χ3v) is 6.54. The topological polar surface area (TPSA) is 81.5 Å². The molecular weight excluding hydrogens is 505 g/mol. The first-order valence-electron chi connectivity index (χ1n) is 8.83. The van der Waals surface area contributed by atoms with Crippen molar-refractivity contribution in [1.29, 1.82) is 0 Å². The van der Waals surface area contributed by atoms with Crippen molar-refractivity contribution in [2.45, 2.75) is 11.4 Å². The van der Waals surface area contributed by atoms with Crippen LogP contribution in [0.3, 0.4) is 0 Å². The molecule has 2 heterocycles. The van der Waals surface area contributed by atoms with Gasteiger partial charge in [0.2, 0.25) is 0 Å². The highest BCUT2D eigenvalue weighted by atomic mass is 127. The monoisotopic (exact) mass is 523 g/mol. The molecule has 3 aromatic rings. The van der Waals surface area contributed by atoms with Crippen molar-refractivity contribution in [1.82, 2.24) is 9.78 Å². The van der Waals surface area contributed by atoms with Crippen molar-refractivity contribution in [3.8, 4) is 11.4 Å². The number of hydrogen-bond acceptors (Lipinski definition) is 5. The van der Waals surface area contributed by atoms with Gasteiger partial charge >= 0.3 is 0 Å². The summed E-state index contributed by atoms with van der Waals surface area (Å²) in [5.74, 6) is 0.385. The van der Waals surface area contributed by atoms with Crippen LogP contribution in [0.25, 0.3) is 5.69 Å². The summed E-state index contributed by atoms with van der Waals surface area (Å²) in [6, 6.07) is 14.6. The van der Waals surface area contributed by atoms with Gasteiger partial charge in [0, 0.05) is 27.6 Å². The second-order valence-corrected chi connectivity index (χ2v) is 9.87. The summed E-state index contributed by atoms with van der Waals surface area (Å²) in [4.78, 5) is 15.1. The summed E-state index contributed by atoms with van der Waals surface area (Å²) in [5.41, 5.74) is 2.11. The smallest absolute Gasteiger partial charge is 0.277 e. The van der Waals surface area contributed by atoms with E-state index in [1.807, 2.05) is 24.3 Å². The summed E-state index contributed by atoms with van der Waals surface area (Å²) in [6.45, 7) is 0.392. The third-order valence-electron chi connectivity index (χ3n) is 4.79. The zero-order valence-corrected chi connectivity index (χ0v) is 18.8. The van der Waals surface area contributed by atoms with Crippen LogP contribution in [0.5, 0.6) is 5.75 Å². The number of carbonyl (C=O) groups is 1. The van der Waals surface area contributed by atoms with Gasteiger partial charge < -0.3 is 9.64 Å². The maximum atomic E-state index is 13.4. The molecule has 29 heavy (non-hydrogen) atoms. The van der Waals surface area contributed by atoms with Crippen LogP contribution in [0, 0.1) is 3.57 Å². The number of ether oxygens (including phenoxy) is 1. The lowest BCUT2D eigenvalue weighted by Crippen LogP contribution is -2.38. The Morgan fingerprint density at radius 3 is 2.24 bits per heavy atom. The van der Waals surface area contributed by atoms with E-state index in [1.54, 1.807) is 36.3 Å². The molecule has 0 spiro atoms. The molecule has 0 bridgehead atoms. The lowest BCUT2D eigenvalue weighted by Gasteiger charge is -2.27. The van der Waals surface area contributed by atoms with Crippen LogP contribution in [0.2, 0.25) is 0 Å². The Labute approximate surface area is 182 Å². The molecule has 0 saturated heterocycles. The van der Waals surface area contributed by atoms with E-state index in [1.165, 1.54) is 4.68 Å². The summed E-state index contributed by atoms with van der Waals surface area (Å²) in [7, 11) is -2.02. The number of amides is 1. The van der Waals surface area contributed by atoms with Crippen LogP contribution in [0.1, 0.15) is 16.1 Å². The first-order valence-corrected chi connectivity index (χ1v) is 11.8. The molecule has 0 saturated carbocycles. The molecular formula is C20H18IN3O4S. The van der Waals surface area contributed by atoms with Gasteiger partial charge in [-0.1, -0.05) is 0 Å². The maximum absolute atomic E-state index is 13.4. The molecule has 0 fully saturated rings. The van der Waals surface area contributed by atoms with Crippen molar-refractivity contribution in [3.05, 3.63) is 63.4 Å². The quantitative estimate of drug-likeness (QED) is 0.492. The predicted octanol–water partition coefficient (Wildman–Crippen LogP) is 3.09. The van der Waals surface area contributed by atoms with E-state index in [0.717, 1.165) is 15.5 Å². The second kappa shape index (κ2) is 7.45. The van der Waals surface area contributed by atoms with Gasteiger partial charge in [0.25, 0.3) is 5.91 Å². The van der Waals surface area contributed by atoms with Crippen LogP contribution >= 0.6 is 22.6 Å². The Morgan fingerprint density at radius 2 is 1.66 bits per heavy atom. The molecule has 150 valence electrons. The molecule has 1 aliphatic heterocycles. The van der Waals surface area contributed by atoms with Crippen molar-refractivity contribution < 1.29 is 17.9 Å². The lowest BCUT2D eigenvalue weighted by atomic mass is 10.1. The van der Waals surface area contributed by atoms with Crippen LogP contribution in [0.4, 0.5) is 5.69 Å². The molecule has 0 atom stereocenters. The van der Waals surface area contributed by atoms with E-state index in [2.05, 4.69) is 27.7 Å². The largest absolute Gasteiger partial charge is 0.497 e.